The minimum atomic E-state index is 0.0320. The third kappa shape index (κ3) is 3.79. The predicted octanol–water partition coefficient (Wildman–Crippen LogP) is 12.3. The molecule has 8 aromatic rings. The molecule has 2 aromatic heterocycles. The van der Waals surface area contributed by atoms with Gasteiger partial charge >= 0.3 is 0 Å². The van der Waals surface area contributed by atoms with Crippen LogP contribution in [-0.4, -0.2) is 9.97 Å². The van der Waals surface area contributed by atoms with Crippen molar-refractivity contribution in [3.05, 3.63) is 145 Å². The average molecular weight is 657 g/mol. The number of benzene rings is 6. The molecule has 0 unspecified atom stereocenters. The molecule has 244 valence electrons. The van der Waals surface area contributed by atoms with Crippen LogP contribution in [0.2, 0.25) is 0 Å². The van der Waals surface area contributed by atoms with Gasteiger partial charge in [-0.05, 0) is 113 Å². The number of furan rings is 1. The lowest BCUT2D eigenvalue weighted by Crippen LogP contribution is -2.55. The fourth-order valence-electron chi connectivity index (χ4n) is 11.6. The number of hydrogen-bond acceptors (Lipinski definition) is 3. The highest BCUT2D eigenvalue weighted by Crippen LogP contribution is 2.71. The zero-order valence-electron chi connectivity index (χ0n) is 28.3. The fourth-order valence-corrected chi connectivity index (χ4v) is 11.6. The van der Waals surface area contributed by atoms with Gasteiger partial charge in [-0.3, -0.25) is 0 Å². The second-order valence-electron chi connectivity index (χ2n) is 15.7. The topological polar surface area (TPSA) is 38.9 Å². The number of para-hydroxylation sites is 3. The van der Waals surface area contributed by atoms with Crippen LogP contribution in [0.1, 0.15) is 43.2 Å². The Labute approximate surface area is 297 Å². The molecule has 13 rings (SSSR count). The van der Waals surface area contributed by atoms with Gasteiger partial charge in [0.25, 0.3) is 0 Å². The van der Waals surface area contributed by atoms with Crippen LogP contribution < -0.4 is 0 Å². The summed E-state index contributed by atoms with van der Waals surface area (Å²) in [6.07, 6.45) is 6.86. The highest BCUT2D eigenvalue weighted by atomic mass is 16.3. The first-order valence-electron chi connectivity index (χ1n) is 18.8. The molecule has 3 heteroatoms. The largest absolute Gasteiger partial charge is 0.456 e. The molecule has 0 aliphatic heterocycles. The molecule has 51 heavy (non-hydrogen) atoms. The third-order valence-electron chi connectivity index (χ3n) is 13.2. The van der Waals surface area contributed by atoms with Crippen molar-refractivity contribution in [1.82, 2.24) is 9.97 Å². The van der Waals surface area contributed by atoms with Crippen LogP contribution in [-0.2, 0) is 5.41 Å². The molecule has 0 radical (unpaired) electrons. The van der Waals surface area contributed by atoms with E-state index < -0.39 is 0 Å². The summed E-state index contributed by atoms with van der Waals surface area (Å²) in [7, 11) is 0. The standard InChI is InChI=1S/C48H36N2O/c1-2-10-31(11-3-1)46-47(50-40-16-8-7-15-39(40)49-46)32-20-18-30(19-21-32)43-44-36-13-5-9-17-41(36)51-42(44)27-37-35-12-4-6-14-38(35)48(45(37)43)33-23-28-22-29(25-33)26-34(48)24-28/h1-21,27-29,33-34H,22-26H2. The van der Waals surface area contributed by atoms with E-state index in [-0.39, 0.29) is 5.41 Å². The highest BCUT2D eigenvalue weighted by molar-refractivity contribution is 6.16. The normalized spacial score (nSPS) is 24.2. The molecule has 4 saturated carbocycles. The molecule has 4 fully saturated rings. The molecule has 1 spiro atoms. The van der Waals surface area contributed by atoms with E-state index >= 15 is 0 Å². The number of rotatable bonds is 3. The lowest BCUT2D eigenvalue weighted by atomic mass is 9.42. The van der Waals surface area contributed by atoms with Gasteiger partial charge < -0.3 is 4.42 Å². The van der Waals surface area contributed by atoms with Crippen molar-refractivity contribution in [1.29, 1.82) is 0 Å². The van der Waals surface area contributed by atoms with Crippen molar-refractivity contribution in [2.24, 2.45) is 23.7 Å². The van der Waals surface area contributed by atoms with Crippen LogP contribution in [0.5, 0.6) is 0 Å². The molecule has 5 aliphatic rings. The van der Waals surface area contributed by atoms with Gasteiger partial charge in [0.1, 0.15) is 11.2 Å². The fraction of sp³-hybridized carbons (Fsp3) is 0.208. The van der Waals surface area contributed by atoms with Crippen molar-refractivity contribution < 1.29 is 4.42 Å². The lowest BCUT2D eigenvalue weighted by Gasteiger charge is -2.61. The quantitative estimate of drug-likeness (QED) is 0.190. The molecule has 4 bridgehead atoms. The zero-order valence-corrected chi connectivity index (χ0v) is 28.3. The average Bonchev–Trinajstić information content (AvgIpc) is 3.69. The Bertz CT molecular complexity index is 2680. The van der Waals surface area contributed by atoms with E-state index in [1.54, 1.807) is 11.1 Å². The van der Waals surface area contributed by atoms with E-state index in [1.807, 2.05) is 12.1 Å². The number of nitrogens with zero attached hydrogens (tertiary/aromatic N) is 2. The van der Waals surface area contributed by atoms with Crippen molar-refractivity contribution in [2.75, 3.05) is 0 Å². The SMILES string of the molecule is c1ccc(-c2nc3ccccc3nc2-c2ccc(-c3c4c(cc5oc6ccccc6c35)-c3ccccc3C43C4CC5CC(C4)CC3C5)cc2)cc1. The van der Waals surface area contributed by atoms with Crippen LogP contribution in [0.15, 0.2) is 138 Å². The second-order valence-corrected chi connectivity index (χ2v) is 15.7. The minimum absolute atomic E-state index is 0.0320. The Balaban J connectivity index is 1.13. The van der Waals surface area contributed by atoms with Gasteiger partial charge in [0.2, 0.25) is 0 Å². The summed E-state index contributed by atoms with van der Waals surface area (Å²) in [5.41, 5.74) is 16.3. The molecular weight excluding hydrogens is 621 g/mol. The maximum atomic E-state index is 6.73. The van der Waals surface area contributed by atoms with E-state index in [4.69, 9.17) is 14.4 Å². The van der Waals surface area contributed by atoms with Crippen LogP contribution in [0.4, 0.5) is 0 Å². The highest BCUT2D eigenvalue weighted by Gasteiger charge is 2.62. The Kier molecular flexibility index (Phi) is 5.67. The molecule has 0 amide bonds. The van der Waals surface area contributed by atoms with E-state index in [9.17, 15) is 0 Å². The number of fused-ring (bicyclic) bond motifs is 7. The molecule has 2 heterocycles. The Hall–Kier alpha value is -5.54. The van der Waals surface area contributed by atoms with E-state index in [0.717, 1.165) is 56.6 Å². The summed E-state index contributed by atoms with van der Waals surface area (Å²) in [4.78, 5) is 10.4. The van der Waals surface area contributed by atoms with Crippen molar-refractivity contribution in [3.63, 3.8) is 0 Å². The monoisotopic (exact) mass is 656 g/mol. The van der Waals surface area contributed by atoms with E-state index in [1.165, 1.54) is 65.1 Å². The predicted molar refractivity (Wildman–Crippen MR) is 206 cm³/mol. The van der Waals surface area contributed by atoms with Gasteiger partial charge in [-0.15, -0.1) is 0 Å². The number of aromatic nitrogens is 2. The van der Waals surface area contributed by atoms with E-state index in [0.29, 0.717) is 11.8 Å². The van der Waals surface area contributed by atoms with Crippen LogP contribution >= 0.6 is 0 Å². The summed E-state index contributed by atoms with van der Waals surface area (Å²) in [6, 6.07) is 48.4. The van der Waals surface area contributed by atoms with Crippen molar-refractivity contribution >= 4 is 33.0 Å². The Morgan fingerprint density at radius 2 is 1.10 bits per heavy atom. The van der Waals surface area contributed by atoms with Gasteiger partial charge in [0.15, 0.2) is 0 Å². The second kappa shape index (κ2) is 10.3. The third-order valence-corrected chi connectivity index (χ3v) is 13.2. The summed E-state index contributed by atoms with van der Waals surface area (Å²) >= 11 is 0. The van der Waals surface area contributed by atoms with Gasteiger partial charge in [-0.25, -0.2) is 9.97 Å². The first kappa shape index (κ1) is 28.2. The summed E-state index contributed by atoms with van der Waals surface area (Å²) < 4.78 is 6.73. The smallest absolute Gasteiger partial charge is 0.136 e. The van der Waals surface area contributed by atoms with Gasteiger partial charge in [-0.2, -0.15) is 0 Å². The summed E-state index contributed by atoms with van der Waals surface area (Å²) in [5, 5.41) is 2.46. The first-order chi connectivity index (χ1) is 25.2. The van der Waals surface area contributed by atoms with Gasteiger partial charge in [0, 0.05) is 27.3 Å². The van der Waals surface area contributed by atoms with E-state index in [2.05, 4.69) is 121 Å². The molecule has 6 aromatic carbocycles. The lowest BCUT2D eigenvalue weighted by molar-refractivity contribution is -0.0396. The maximum Gasteiger partial charge on any atom is 0.136 e. The minimum Gasteiger partial charge on any atom is -0.456 e. The molecular formula is C48H36N2O. The van der Waals surface area contributed by atoms with Gasteiger partial charge in [-0.1, -0.05) is 109 Å². The molecule has 5 aliphatic carbocycles. The molecule has 0 N–H and O–H groups in total. The van der Waals surface area contributed by atoms with Crippen LogP contribution in [0, 0.1) is 23.7 Å². The van der Waals surface area contributed by atoms with Crippen molar-refractivity contribution in [2.45, 2.75) is 37.5 Å². The maximum absolute atomic E-state index is 6.73. The summed E-state index contributed by atoms with van der Waals surface area (Å²) in [5.74, 6) is 3.12. The first-order valence-corrected chi connectivity index (χ1v) is 18.8. The molecule has 0 saturated heterocycles. The molecule has 0 atom stereocenters. The zero-order chi connectivity index (χ0) is 33.3. The Morgan fingerprint density at radius 1 is 0.510 bits per heavy atom. The number of hydrogen-bond donors (Lipinski definition) is 0. The van der Waals surface area contributed by atoms with Crippen molar-refractivity contribution in [3.8, 4) is 44.8 Å². The van der Waals surface area contributed by atoms with Crippen LogP contribution in [0.3, 0.4) is 0 Å². The van der Waals surface area contributed by atoms with Gasteiger partial charge in [0.05, 0.1) is 22.4 Å². The summed E-state index contributed by atoms with van der Waals surface area (Å²) in [6.45, 7) is 0. The molecule has 3 nitrogen and oxygen atoms in total. The Morgan fingerprint density at radius 3 is 1.82 bits per heavy atom. The van der Waals surface area contributed by atoms with Crippen LogP contribution in [0.25, 0.3) is 77.7 Å².